The van der Waals surface area contributed by atoms with E-state index in [0.717, 1.165) is 122 Å². The quantitative estimate of drug-likeness (QED) is 0.0140. The molecule has 3 saturated heterocycles. The Balaban J connectivity index is 0.000000184. The largest absolute Gasteiger partial charge is 0.497 e. The van der Waals surface area contributed by atoms with E-state index in [2.05, 4.69) is 61.8 Å². The van der Waals surface area contributed by atoms with Crippen LogP contribution in [-0.4, -0.2) is 209 Å². The molecular weight excluding hydrogens is 1480 g/mol. The van der Waals surface area contributed by atoms with Crippen molar-refractivity contribution in [1.29, 1.82) is 0 Å². The molecule has 0 bridgehead atoms. The summed E-state index contributed by atoms with van der Waals surface area (Å²) >= 11 is 0. The average molecular weight is 1600 g/mol. The Kier molecular flexibility index (Phi) is 33.8. The molecular formula is C87H123N15O14. The van der Waals surface area contributed by atoms with Gasteiger partial charge in [-0.25, -0.2) is 29.3 Å². The Morgan fingerprint density at radius 3 is 0.931 bits per heavy atom. The van der Waals surface area contributed by atoms with Gasteiger partial charge < -0.3 is 85.2 Å². The van der Waals surface area contributed by atoms with Crippen LogP contribution in [0.15, 0.2) is 116 Å². The van der Waals surface area contributed by atoms with Crippen LogP contribution in [0.25, 0.3) is 0 Å². The molecule has 6 aromatic rings. The van der Waals surface area contributed by atoms with Gasteiger partial charge in [0.05, 0.1) is 86.3 Å². The number of urea groups is 3. The van der Waals surface area contributed by atoms with Crippen molar-refractivity contribution in [2.24, 2.45) is 34.0 Å². The minimum atomic E-state index is -0.747. The number of likely N-dealkylation sites (tertiary alicyclic amines) is 3. The predicted molar refractivity (Wildman–Crippen MR) is 437 cm³/mol. The fraction of sp³-hybridized carbons (Fsp3) is 0.586. The standard InChI is InChI=1S/C30H43N5O5.C29H41N5O5.C28H39N5O4/c1-3-40-28(37)30(23-7-5-4-6-8-23)14-17-35(18-15-30)27(36)26(19-22-9-11-25(39-2)12-10-22)34-29(38)32-16-13-24-20-31-21-33-24;1-3-39-27(36)29(22-6-4-5-7-22)13-16-34(17-14-29)26(35)25(18-21-8-10-24(38-2)11-9-21)33-28(37)31-15-12-23-19-30-20-32-23;1-2-37-26(35)28(22-10-6-7-11-22)13-16-33(17-14-28)25(34)24(18-21-8-4-3-5-9-21)32-27(36)30-15-12-23-19-29-20-31-23/h9-12,20-21,23,26H,3-8,13-19H2,1-2H3,(H,31,33)(H2,32,34,38);8-11,19-20,22,25H,3-7,12-18H2,1-2H3,(H,30,32)(H2,31,33,37);3-5,8-9,19-20,22,24H,2,6-7,10-18H2,1H3,(H,29,31)(H2,30,32,36)/t26-;;/m0../s1. The van der Waals surface area contributed by atoms with Crippen LogP contribution in [0.1, 0.15) is 177 Å². The zero-order valence-electron chi connectivity index (χ0n) is 68.5. The van der Waals surface area contributed by atoms with Crippen molar-refractivity contribution in [3.8, 4) is 11.5 Å². The molecule has 2 unspecified atom stereocenters. The highest BCUT2D eigenvalue weighted by atomic mass is 16.5. The van der Waals surface area contributed by atoms with Crippen molar-refractivity contribution in [2.75, 3.05) is 92.9 Å². The first-order valence-corrected chi connectivity index (χ1v) is 42.2. The van der Waals surface area contributed by atoms with E-state index in [0.29, 0.717) is 174 Å². The molecule has 3 aromatic carbocycles. The van der Waals surface area contributed by atoms with E-state index in [1.54, 1.807) is 61.6 Å². The van der Waals surface area contributed by atoms with Gasteiger partial charge in [0, 0.05) is 116 Å². The SMILES string of the molecule is CCOC(=O)C1(C2CCCC2)CCN(C(=O)C(Cc2ccc(OC)cc2)NC(=O)NCCc2c[nH]cn2)CC1.CCOC(=O)C1(C2CCCC2)CCN(C(=O)C(Cc2ccccc2)NC(=O)NCCc2c[nH]cn2)CC1.CCOC(=O)C1(C2CCCCC2)CCN(C(=O)[C@H](Cc2ccc(OC)cc2)NC(=O)NCCc2c[nH]cn2)CC1. The molecule has 29 heteroatoms. The summed E-state index contributed by atoms with van der Waals surface area (Å²) in [5, 5.41) is 17.2. The normalized spacial score (nSPS) is 18.0. The molecule has 3 aromatic heterocycles. The summed E-state index contributed by atoms with van der Waals surface area (Å²) in [5.74, 6) is 1.65. The maximum atomic E-state index is 13.8. The number of benzene rings is 3. The number of carbonyl (C=O) groups is 9. The Labute approximate surface area is 681 Å². The average Bonchev–Trinajstić information content (AvgIpc) is 1.27. The highest BCUT2D eigenvalue weighted by molar-refractivity contribution is 5.90. The molecule has 3 atom stereocenters. The lowest BCUT2D eigenvalue weighted by Gasteiger charge is -2.46. The first kappa shape index (κ1) is 87.9. The van der Waals surface area contributed by atoms with Crippen LogP contribution in [-0.2, 0) is 81.5 Å². The lowest BCUT2D eigenvalue weighted by Crippen LogP contribution is -2.56. The number of aromatic amines is 3. The molecule has 3 aliphatic heterocycles. The number of hydrogen-bond acceptors (Lipinski definition) is 17. The van der Waals surface area contributed by atoms with Gasteiger partial charge in [-0.15, -0.1) is 0 Å². The number of methoxy groups -OCH3 is 2. The second-order valence-electron chi connectivity index (χ2n) is 31.5. The van der Waals surface area contributed by atoms with E-state index in [1.165, 1.54) is 6.42 Å². The minimum absolute atomic E-state index is 0.107. The summed E-state index contributed by atoms with van der Waals surface area (Å²) in [4.78, 5) is 146. The second-order valence-corrected chi connectivity index (χ2v) is 31.5. The van der Waals surface area contributed by atoms with Crippen molar-refractivity contribution in [3.63, 3.8) is 0 Å². The van der Waals surface area contributed by atoms with E-state index < -0.39 is 46.4 Å². The molecule has 116 heavy (non-hydrogen) atoms. The topological polar surface area (TPSA) is 368 Å². The number of esters is 3. The Bertz CT molecular complexity index is 3990. The van der Waals surface area contributed by atoms with E-state index >= 15 is 0 Å². The lowest BCUT2D eigenvalue weighted by molar-refractivity contribution is -0.166. The third-order valence-corrected chi connectivity index (χ3v) is 24.6. The minimum Gasteiger partial charge on any atom is -0.497 e. The third kappa shape index (κ3) is 24.3. The van der Waals surface area contributed by atoms with Crippen molar-refractivity contribution in [1.82, 2.24) is 76.5 Å². The number of carbonyl (C=O) groups excluding carboxylic acids is 9. The van der Waals surface area contributed by atoms with Crippen LogP contribution in [0.5, 0.6) is 11.5 Å². The number of rotatable bonds is 32. The van der Waals surface area contributed by atoms with Gasteiger partial charge in [-0.05, 0) is 157 Å². The molecule has 6 heterocycles. The Hall–Kier alpha value is -10.5. The summed E-state index contributed by atoms with van der Waals surface area (Å²) in [6, 6.07) is 21.3. The molecule has 0 radical (unpaired) electrons. The van der Waals surface area contributed by atoms with Crippen molar-refractivity contribution in [2.45, 2.75) is 199 Å². The van der Waals surface area contributed by atoms with Crippen LogP contribution in [0.3, 0.4) is 0 Å². The molecule has 3 saturated carbocycles. The van der Waals surface area contributed by atoms with E-state index in [-0.39, 0.29) is 41.7 Å². The lowest BCUT2D eigenvalue weighted by atomic mass is 9.63. The number of H-pyrrole nitrogens is 3. The summed E-state index contributed by atoms with van der Waals surface area (Å²) < 4.78 is 27.1. The van der Waals surface area contributed by atoms with Gasteiger partial charge in [0.2, 0.25) is 17.7 Å². The number of nitrogens with one attached hydrogen (secondary N) is 9. The molecule has 0 spiro atoms. The number of nitrogens with zero attached hydrogens (tertiary/aromatic N) is 6. The monoisotopic (exact) mass is 1600 g/mol. The zero-order chi connectivity index (χ0) is 82.1. The number of hydrogen-bond donors (Lipinski definition) is 9. The molecule has 9 amide bonds. The van der Waals surface area contributed by atoms with Crippen LogP contribution in [0.4, 0.5) is 14.4 Å². The summed E-state index contributed by atoms with van der Waals surface area (Å²) in [6.07, 6.45) is 30.9. The van der Waals surface area contributed by atoms with Gasteiger partial charge >= 0.3 is 36.0 Å². The van der Waals surface area contributed by atoms with Crippen LogP contribution in [0, 0.1) is 34.0 Å². The molecule has 630 valence electrons. The number of aromatic nitrogens is 6. The van der Waals surface area contributed by atoms with Crippen LogP contribution in [0.2, 0.25) is 0 Å². The molecule has 29 nitrogen and oxygen atoms in total. The van der Waals surface area contributed by atoms with Gasteiger partial charge in [-0.2, -0.15) is 0 Å². The smallest absolute Gasteiger partial charge is 0.315 e. The molecule has 9 N–H and O–H groups in total. The molecule has 3 aliphatic carbocycles. The second kappa shape index (κ2) is 44.6. The van der Waals surface area contributed by atoms with Crippen LogP contribution < -0.4 is 41.4 Å². The van der Waals surface area contributed by atoms with Gasteiger partial charge in [-0.1, -0.05) is 99.5 Å². The summed E-state index contributed by atoms with van der Waals surface area (Å²) in [5.41, 5.74) is 3.80. The van der Waals surface area contributed by atoms with Gasteiger partial charge in [0.1, 0.15) is 29.6 Å². The van der Waals surface area contributed by atoms with Gasteiger partial charge in [0.15, 0.2) is 0 Å². The predicted octanol–water partition coefficient (Wildman–Crippen LogP) is 10.1. The number of amides is 9. The van der Waals surface area contributed by atoms with E-state index in [4.69, 9.17) is 23.7 Å². The third-order valence-electron chi connectivity index (χ3n) is 24.6. The van der Waals surface area contributed by atoms with Crippen LogP contribution >= 0.6 is 0 Å². The number of imidazole rings is 3. The number of ether oxygens (including phenoxy) is 5. The van der Waals surface area contributed by atoms with Crippen molar-refractivity contribution in [3.05, 3.63) is 150 Å². The fourth-order valence-corrected chi connectivity index (χ4v) is 18.1. The van der Waals surface area contributed by atoms with Gasteiger partial charge in [-0.3, -0.25) is 28.8 Å². The number of piperidine rings is 3. The van der Waals surface area contributed by atoms with Crippen molar-refractivity contribution < 1.29 is 66.8 Å². The first-order chi connectivity index (χ1) is 56.4. The first-order valence-electron chi connectivity index (χ1n) is 42.2. The highest BCUT2D eigenvalue weighted by Gasteiger charge is 2.53. The fourth-order valence-electron chi connectivity index (χ4n) is 18.1. The highest BCUT2D eigenvalue weighted by Crippen LogP contribution is 2.50. The molecule has 12 rings (SSSR count). The maximum Gasteiger partial charge on any atom is 0.315 e. The maximum absolute atomic E-state index is 13.8. The Morgan fingerprint density at radius 2 is 0.672 bits per heavy atom. The van der Waals surface area contributed by atoms with E-state index in [1.807, 2.05) is 105 Å². The van der Waals surface area contributed by atoms with Crippen molar-refractivity contribution >= 4 is 53.7 Å². The summed E-state index contributed by atoms with van der Waals surface area (Å²) in [6.45, 7) is 10.7. The summed E-state index contributed by atoms with van der Waals surface area (Å²) in [7, 11) is 3.21. The van der Waals surface area contributed by atoms with E-state index in [9.17, 15) is 43.2 Å². The van der Waals surface area contributed by atoms with Gasteiger partial charge in [0.25, 0.3) is 0 Å². The Morgan fingerprint density at radius 1 is 0.397 bits per heavy atom. The molecule has 6 aliphatic rings. The molecule has 6 fully saturated rings. The zero-order valence-corrected chi connectivity index (χ0v) is 68.5.